The second kappa shape index (κ2) is 4.12. The maximum Gasteiger partial charge on any atom is 0.410 e. The number of nitrogens with zero attached hydrogens (tertiary/aromatic N) is 1. The number of aromatic nitrogens is 1. The summed E-state index contributed by atoms with van der Waals surface area (Å²) in [5, 5.41) is 0. The van der Waals surface area contributed by atoms with Gasteiger partial charge in [0.15, 0.2) is 5.75 Å². The molecule has 1 aliphatic rings. The van der Waals surface area contributed by atoms with Crippen LogP contribution in [0, 0.1) is 0 Å². The first kappa shape index (κ1) is 10.9. The van der Waals surface area contributed by atoms with E-state index in [0.29, 0.717) is 5.75 Å². The Hall–Kier alpha value is -1.58. The molecule has 0 aromatic carbocycles. The van der Waals surface area contributed by atoms with Crippen molar-refractivity contribution in [2.75, 3.05) is 0 Å². The third kappa shape index (κ3) is 1.87. The van der Waals surface area contributed by atoms with Crippen LogP contribution in [0.3, 0.4) is 0 Å². The quantitative estimate of drug-likeness (QED) is 0.830. The van der Waals surface area contributed by atoms with Gasteiger partial charge < -0.3 is 10.5 Å². The number of carbonyl (C=O) groups is 1. The van der Waals surface area contributed by atoms with E-state index in [2.05, 4.69) is 4.98 Å². The van der Waals surface area contributed by atoms with Crippen LogP contribution < -0.4 is 10.5 Å². The van der Waals surface area contributed by atoms with Crippen LogP contribution in [0.1, 0.15) is 43.0 Å². The van der Waals surface area contributed by atoms with Gasteiger partial charge in [-0.1, -0.05) is 13.8 Å². The maximum absolute atomic E-state index is 10.9. The van der Waals surface area contributed by atoms with Crippen molar-refractivity contribution >= 4 is 6.09 Å². The van der Waals surface area contributed by atoms with Gasteiger partial charge >= 0.3 is 6.09 Å². The summed E-state index contributed by atoms with van der Waals surface area (Å²) in [6.07, 6.45) is 4.18. The molecule has 1 aromatic heterocycles. The van der Waals surface area contributed by atoms with Crippen LogP contribution in [-0.4, -0.2) is 11.1 Å². The molecule has 1 aromatic rings. The van der Waals surface area contributed by atoms with Crippen LogP contribution in [0.15, 0.2) is 6.20 Å². The molecule has 1 heterocycles. The molecule has 0 aliphatic heterocycles. The van der Waals surface area contributed by atoms with Crippen molar-refractivity contribution in [1.29, 1.82) is 0 Å². The first-order valence-electron chi connectivity index (χ1n) is 5.57. The van der Waals surface area contributed by atoms with Crippen molar-refractivity contribution in [3.05, 3.63) is 23.0 Å². The van der Waals surface area contributed by atoms with E-state index < -0.39 is 6.09 Å². The number of pyridine rings is 1. The Morgan fingerprint density at radius 3 is 2.88 bits per heavy atom. The van der Waals surface area contributed by atoms with Crippen molar-refractivity contribution in [3.8, 4) is 5.75 Å². The standard InChI is InChI=1S/C12H16N2O2/c1-7(2)10-11(16-12(13)15)9-5-3-4-8(9)6-14-10/h6-7H,3-5H2,1-2H3,(H2,13,15). The monoisotopic (exact) mass is 220 g/mol. The van der Waals surface area contributed by atoms with E-state index in [1.54, 1.807) is 0 Å². The molecule has 2 N–H and O–H groups in total. The Bertz CT molecular complexity index is 427. The molecular weight excluding hydrogens is 204 g/mol. The van der Waals surface area contributed by atoms with Crippen molar-refractivity contribution in [3.63, 3.8) is 0 Å². The number of fused-ring (bicyclic) bond motifs is 1. The van der Waals surface area contributed by atoms with Crippen molar-refractivity contribution in [1.82, 2.24) is 4.98 Å². The van der Waals surface area contributed by atoms with Gasteiger partial charge in [0.2, 0.25) is 0 Å². The Kier molecular flexibility index (Phi) is 2.81. The maximum atomic E-state index is 10.9. The molecule has 0 saturated heterocycles. The number of carbonyl (C=O) groups excluding carboxylic acids is 1. The molecule has 0 atom stereocenters. The molecule has 1 amide bonds. The molecule has 4 heteroatoms. The topological polar surface area (TPSA) is 65.2 Å². The van der Waals surface area contributed by atoms with Crippen molar-refractivity contribution in [2.45, 2.75) is 39.0 Å². The Morgan fingerprint density at radius 1 is 1.50 bits per heavy atom. The van der Waals surface area contributed by atoms with Crippen LogP contribution in [0.4, 0.5) is 4.79 Å². The lowest BCUT2D eigenvalue weighted by Crippen LogP contribution is -2.19. The zero-order valence-electron chi connectivity index (χ0n) is 9.62. The van der Waals surface area contributed by atoms with Gasteiger partial charge in [-0.05, 0) is 30.7 Å². The fourth-order valence-corrected chi connectivity index (χ4v) is 2.16. The van der Waals surface area contributed by atoms with Crippen LogP contribution in [0.25, 0.3) is 0 Å². The predicted octanol–water partition coefficient (Wildman–Crippen LogP) is 2.15. The van der Waals surface area contributed by atoms with Gasteiger partial charge in [0.25, 0.3) is 0 Å². The van der Waals surface area contributed by atoms with Gasteiger partial charge in [0.05, 0.1) is 5.69 Å². The van der Waals surface area contributed by atoms with Gasteiger partial charge in [-0.15, -0.1) is 0 Å². The SMILES string of the molecule is CC(C)c1ncc2c(c1OC(N)=O)CCC2. The molecule has 0 unspecified atom stereocenters. The smallest absolute Gasteiger partial charge is 0.408 e. The molecule has 0 fully saturated rings. The summed E-state index contributed by atoms with van der Waals surface area (Å²) < 4.78 is 5.13. The average Bonchev–Trinajstić information content (AvgIpc) is 2.64. The molecule has 0 radical (unpaired) electrons. The largest absolute Gasteiger partial charge is 0.410 e. The van der Waals surface area contributed by atoms with Gasteiger partial charge in [-0.25, -0.2) is 4.79 Å². The highest BCUT2D eigenvalue weighted by Gasteiger charge is 2.22. The number of ether oxygens (including phenoxy) is 1. The first-order chi connectivity index (χ1) is 7.59. The highest BCUT2D eigenvalue weighted by atomic mass is 16.5. The van der Waals surface area contributed by atoms with E-state index in [9.17, 15) is 4.79 Å². The zero-order chi connectivity index (χ0) is 11.7. The van der Waals surface area contributed by atoms with Gasteiger partial charge in [-0.2, -0.15) is 0 Å². The molecule has 1 aliphatic carbocycles. The Balaban J connectivity index is 2.50. The fourth-order valence-electron chi connectivity index (χ4n) is 2.16. The molecule has 0 bridgehead atoms. The summed E-state index contributed by atoms with van der Waals surface area (Å²) in [5.74, 6) is 0.817. The highest BCUT2D eigenvalue weighted by molar-refractivity contribution is 5.69. The van der Waals surface area contributed by atoms with Crippen LogP contribution in [0.2, 0.25) is 0 Å². The predicted molar refractivity (Wildman–Crippen MR) is 60.6 cm³/mol. The number of hydrogen-bond donors (Lipinski definition) is 1. The number of amides is 1. The molecule has 0 saturated carbocycles. The van der Waals surface area contributed by atoms with Crippen molar-refractivity contribution < 1.29 is 9.53 Å². The van der Waals surface area contributed by atoms with E-state index in [1.807, 2.05) is 20.0 Å². The molecule has 16 heavy (non-hydrogen) atoms. The normalized spacial score (nSPS) is 13.9. The van der Waals surface area contributed by atoms with E-state index in [0.717, 1.165) is 30.5 Å². The van der Waals surface area contributed by atoms with Crippen LogP contribution >= 0.6 is 0 Å². The number of nitrogens with two attached hydrogens (primary N) is 1. The van der Waals surface area contributed by atoms with Gasteiger partial charge in [-0.3, -0.25) is 4.98 Å². The third-order valence-electron chi connectivity index (χ3n) is 2.88. The zero-order valence-corrected chi connectivity index (χ0v) is 9.62. The van der Waals surface area contributed by atoms with Crippen molar-refractivity contribution in [2.24, 2.45) is 5.73 Å². The number of rotatable bonds is 2. The Morgan fingerprint density at radius 2 is 2.25 bits per heavy atom. The minimum Gasteiger partial charge on any atom is -0.408 e. The third-order valence-corrected chi connectivity index (χ3v) is 2.88. The summed E-state index contributed by atoms with van der Waals surface area (Å²) in [6, 6.07) is 0. The molecule has 2 rings (SSSR count). The van der Waals surface area contributed by atoms with Gasteiger partial charge in [0.1, 0.15) is 0 Å². The highest BCUT2D eigenvalue weighted by Crippen LogP contribution is 2.35. The molecule has 4 nitrogen and oxygen atoms in total. The summed E-state index contributed by atoms with van der Waals surface area (Å²) in [7, 11) is 0. The second-order valence-electron chi connectivity index (χ2n) is 4.41. The molecular formula is C12H16N2O2. The summed E-state index contributed by atoms with van der Waals surface area (Å²) >= 11 is 0. The summed E-state index contributed by atoms with van der Waals surface area (Å²) in [6.45, 7) is 4.05. The van der Waals surface area contributed by atoms with E-state index in [4.69, 9.17) is 10.5 Å². The number of primary amides is 1. The lowest BCUT2D eigenvalue weighted by Gasteiger charge is -2.14. The molecule has 86 valence electrons. The minimum atomic E-state index is -0.760. The first-order valence-corrected chi connectivity index (χ1v) is 5.57. The van der Waals surface area contributed by atoms with E-state index in [1.165, 1.54) is 5.56 Å². The lowest BCUT2D eigenvalue weighted by molar-refractivity contribution is 0.209. The van der Waals surface area contributed by atoms with E-state index in [-0.39, 0.29) is 5.92 Å². The van der Waals surface area contributed by atoms with Crippen LogP contribution in [0.5, 0.6) is 5.75 Å². The average molecular weight is 220 g/mol. The number of aryl methyl sites for hydroxylation is 1. The minimum absolute atomic E-state index is 0.222. The Labute approximate surface area is 94.8 Å². The fraction of sp³-hybridized carbons (Fsp3) is 0.500. The summed E-state index contributed by atoms with van der Waals surface area (Å²) in [4.78, 5) is 15.3. The summed E-state index contributed by atoms with van der Waals surface area (Å²) in [5.41, 5.74) is 8.21. The van der Waals surface area contributed by atoms with E-state index >= 15 is 0 Å². The molecule has 0 spiro atoms. The second-order valence-corrected chi connectivity index (χ2v) is 4.41. The van der Waals surface area contributed by atoms with Crippen LogP contribution in [-0.2, 0) is 12.8 Å². The van der Waals surface area contributed by atoms with Gasteiger partial charge in [0, 0.05) is 11.8 Å². The lowest BCUT2D eigenvalue weighted by atomic mass is 10.0. The number of hydrogen-bond acceptors (Lipinski definition) is 3.